The number of hydrogen-bond acceptors (Lipinski definition) is 3. The molecule has 3 unspecified atom stereocenters. The molecule has 3 aromatic rings. The van der Waals surface area contributed by atoms with Gasteiger partial charge in [0.2, 0.25) is 5.91 Å². The monoisotopic (exact) mass is 437 g/mol. The third kappa shape index (κ3) is 4.03. The predicted octanol–water partition coefficient (Wildman–Crippen LogP) is 6.22. The fraction of sp³-hybridized carbons (Fsp3) is 0.400. The van der Waals surface area contributed by atoms with Gasteiger partial charge < -0.3 is 5.32 Å². The van der Waals surface area contributed by atoms with Crippen molar-refractivity contribution in [2.24, 2.45) is 23.7 Å². The van der Waals surface area contributed by atoms with Gasteiger partial charge in [0.05, 0.1) is 22.4 Å². The molecule has 2 aromatic heterocycles. The number of aromatic nitrogens is 2. The summed E-state index contributed by atoms with van der Waals surface area (Å²) in [4.78, 5) is 21.2. The van der Waals surface area contributed by atoms with Gasteiger partial charge in [-0.05, 0) is 85.3 Å². The molecule has 0 radical (unpaired) electrons. The summed E-state index contributed by atoms with van der Waals surface area (Å²) in [5.74, 6) is 1.82. The zero-order valence-corrected chi connectivity index (χ0v) is 18.1. The van der Waals surface area contributed by atoms with Crippen LogP contribution in [0.1, 0.15) is 44.1 Å². The van der Waals surface area contributed by atoms with Crippen LogP contribution in [0.15, 0.2) is 48.9 Å². The van der Waals surface area contributed by atoms with Crippen LogP contribution < -0.4 is 5.32 Å². The number of rotatable bonds is 4. The van der Waals surface area contributed by atoms with E-state index in [1.807, 2.05) is 13.1 Å². The van der Waals surface area contributed by atoms with E-state index in [4.69, 9.17) is 11.6 Å². The number of anilines is 1. The Balaban J connectivity index is 1.25. The number of carbonyl (C=O) groups excluding carboxylic acids is 1. The molecule has 160 valence electrons. The normalized spacial score (nSPS) is 26.0. The molecule has 1 amide bonds. The molecule has 2 aliphatic rings. The lowest BCUT2D eigenvalue weighted by molar-refractivity contribution is -0.120. The van der Waals surface area contributed by atoms with E-state index in [-0.39, 0.29) is 17.6 Å². The van der Waals surface area contributed by atoms with E-state index in [1.54, 1.807) is 30.6 Å². The molecular weight excluding hydrogens is 413 g/mol. The fourth-order valence-corrected chi connectivity index (χ4v) is 5.95. The summed E-state index contributed by atoms with van der Waals surface area (Å²) in [7, 11) is 0. The molecule has 4 nitrogen and oxygen atoms in total. The lowest BCUT2D eigenvalue weighted by Gasteiger charge is -2.21. The Bertz CT molecular complexity index is 1120. The predicted molar refractivity (Wildman–Crippen MR) is 120 cm³/mol. The number of pyridine rings is 2. The number of benzene rings is 1. The number of amides is 1. The van der Waals surface area contributed by atoms with Gasteiger partial charge in [0.1, 0.15) is 5.82 Å². The Morgan fingerprint density at radius 1 is 1.13 bits per heavy atom. The van der Waals surface area contributed by atoms with Crippen molar-refractivity contribution in [1.82, 2.24) is 9.97 Å². The maximum absolute atomic E-state index is 13.9. The van der Waals surface area contributed by atoms with Crippen LogP contribution in [0, 0.1) is 29.5 Å². The van der Waals surface area contributed by atoms with Crippen LogP contribution in [-0.4, -0.2) is 15.9 Å². The van der Waals surface area contributed by atoms with Crippen molar-refractivity contribution in [3.05, 3.63) is 65.3 Å². The van der Waals surface area contributed by atoms with Gasteiger partial charge in [-0.25, -0.2) is 4.39 Å². The summed E-state index contributed by atoms with van der Waals surface area (Å²) in [5, 5.41) is 4.40. The molecule has 0 bridgehead atoms. The molecule has 2 saturated carbocycles. The summed E-state index contributed by atoms with van der Waals surface area (Å²) in [6.07, 6.45) is 9.35. The van der Waals surface area contributed by atoms with Crippen molar-refractivity contribution < 1.29 is 9.18 Å². The zero-order chi connectivity index (χ0) is 21.5. The third-order valence-corrected chi connectivity index (χ3v) is 7.53. The van der Waals surface area contributed by atoms with E-state index in [9.17, 15) is 9.18 Å². The van der Waals surface area contributed by atoms with Crippen LogP contribution in [0.4, 0.5) is 10.1 Å². The quantitative estimate of drug-likeness (QED) is 0.527. The second-order valence-corrected chi connectivity index (χ2v) is 9.59. The first-order chi connectivity index (χ1) is 15.0. The molecule has 5 atom stereocenters. The zero-order valence-electron chi connectivity index (χ0n) is 17.4. The lowest BCUT2D eigenvalue weighted by atomic mass is 9.86. The Labute approximate surface area is 186 Å². The van der Waals surface area contributed by atoms with Crippen LogP contribution in [0.25, 0.3) is 10.9 Å². The molecule has 6 heteroatoms. The van der Waals surface area contributed by atoms with Crippen molar-refractivity contribution >= 4 is 34.1 Å². The first-order valence-electron chi connectivity index (χ1n) is 10.9. The van der Waals surface area contributed by atoms with Crippen LogP contribution in [0.3, 0.4) is 0 Å². The van der Waals surface area contributed by atoms with Crippen molar-refractivity contribution in [2.45, 2.75) is 38.5 Å². The number of fused-ring (bicyclic) bond motifs is 2. The molecule has 0 aliphatic heterocycles. The van der Waals surface area contributed by atoms with Gasteiger partial charge >= 0.3 is 0 Å². The summed E-state index contributed by atoms with van der Waals surface area (Å²) in [6, 6.07) is 8.62. The number of carbonyl (C=O) groups is 1. The standard InChI is InChI=1S/C25H25ClFN3O/c1-14(25(31)30-21-10-19(26)12-28-13-21)15-6-16-8-18(9-17(16)7-15)22-4-5-29-24-3-2-20(27)11-23(22)24/h2-5,10-18H,6-9H2,1H3,(H,30,31)/t14?,15?,16-,17+,18?. The van der Waals surface area contributed by atoms with Crippen molar-refractivity contribution in [1.29, 1.82) is 0 Å². The largest absolute Gasteiger partial charge is 0.324 e. The number of halogens is 2. The summed E-state index contributed by atoms with van der Waals surface area (Å²) in [5.41, 5.74) is 2.71. The molecule has 2 aliphatic carbocycles. The second kappa shape index (κ2) is 8.19. The SMILES string of the molecule is CC(C(=O)Nc1cncc(Cl)c1)C1C[C@H]2CC(c3ccnc4ccc(F)cc34)C[C@H]2C1. The Morgan fingerprint density at radius 2 is 1.90 bits per heavy atom. The highest BCUT2D eigenvalue weighted by atomic mass is 35.5. The molecular formula is C25H25ClFN3O. The molecule has 1 N–H and O–H groups in total. The molecule has 2 heterocycles. The van der Waals surface area contributed by atoms with Gasteiger partial charge in [0.15, 0.2) is 0 Å². The van der Waals surface area contributed by atoms with Crippen molar-refractivity contribution in [2.75, 3.05) is 5.32 Å². The van der Waals surface area contributed by atoms with E-state index in [2.05, 4.69) is 21.4 Å². The van der Waals surface area contributed by atoms with Gasteiger partial charge in [0.25, 0.3) is 0 Å². The average Bonchev–Trinajstić information content (AvgIpc) is 3.32. The second-order valence-electron chi connectivity index (χ2n) is 9.15. The minimum Gasteiger partial charge on any atom is -0.324 e. The van der Waals surface area contributed by atoms with Crippen LogP contribution in [-0.2, 0) is 4.79 Å². The Morgan fingerprint density at radius 3 is 2.65 bits per heavy atom. The number of nitrogens with one attached hydrogen (secondary N) is 1. The lowest BCUT2D eigenvalue weighted by Crippen LogP contribution is -2.26. The molecule has 0 saturated heterocycles. The summed E-state index contributed by atoms with van der Waals surface area (Å²) in [6.45, 7) is 2.02. The van der Waals surface area contributed by atoms with Gasteiger partial charge in [-0.1, -0.05) is 18.5 Å². The summed E-state index contributed by atoms with van der Waals surface area (Å²) < 4.78 is 13.9. The highest BCUT2D eigenvalue weighted by Crippen LogP contribution is 2.54. The maximum Gasteiger partial charge on any atom is 0.227 e. The van der Waals surface area contributed by atoms with Gasteiger partial charge in [-0.2, -0.15) is 0 Å². The van der Waals surface area contributed by atoms with E-state index in [1.165, 1.54) is 11.6 Å². The third-order valence-electron chi connectivity index (χ3n) is 7.32. The highest BCUT2D eigenvalue weighted by Gasteiger charge is 2.44. The molecule has 5 rings (SSSR count). The van der Waals surface area contributed by atoms with Crippen LogP contribution in [0.2, 0.25) is 5.02 Å². The Kier molecular flexibility index (Phi) is 5.39. The van der Waals surface area contributed by atoms with Crippen molar-refractivity contribution in [3.63, 3.8) is 0 Å². The summed E-state index contributed by atoms with van der Waals surface area (Å²) >= 11 is 5.97. The van der Waals surface area contributed by atoms with E-state index in [0.717, 1.165) is 36.6 Å². The molecule has 31 heavy (non-hydrogen) atoms. The first kappa shape index (κ1) is 20.4. The molecule has 0 spiro atoms. The van der Waals surface area contributed by atoms with Crippen molar-refractivity contribution in [3.8, 4) is 0 Å². The van der Waals surface area contributed by atoms with Gasteiger partial charge in [-0.15, -0.1) is 0 Å². The minimum atomic E-state index is -0.213. The van der Waals surface area contributed by atoms with Crippen LogP contribution in [0.5, 0.6) is 0 Å². The van der Waals surface area contributed by atoms with E-state index >= 15 is 0 Å². The highest BCUT2D eigenvalue weighted by molar-refractivity contribution is 6.30. The number of hydrogen-bond donors (Lipinski definition) is 1. The van der Waals surface area contributed by atoms with Gasteiger partial charge in [-0.3, -0.25) is 14.8 Å². The molecule has 2 fully saturated rings. The smallest absolute Gasteiger partial charge is 0.227 e. The maximum atomic E-state index is 13.9. The van der Waals surface area contributed by atoms with E-state index < -0.39 is 0 Å². The minimum absolute atomic E-state index is 0.0289. The molecule has 1 aromatic carbocycles. The topological polar surface area (TPSA) is 54.9 Å². The fourth-order valence-electron chi connectivity index (χ4n) is 5.77. The number of nitrogens with zero attached hydrogens (tertiary/aromatic N) is 2. The van der Waals surface area contributed by atoms with Crippen LogP contribution >= 0.6 is 11.6 Å². The Hall–Kier alpha value is -2.53. The van der Waals surface area contributed by atoms with E-state index in [0.29, 0.717) is 34.4 Å². The first-order valence-corrected chi connectivity index (χ1v) is 11.3. The average molecular weight is 438 g/mol. The van der Waals surface area contributed by atoms with Gasteiger partial charge in [0, 0.05) is 23.7 Å².